The van der Waals surface area contributed by atoms with Crippen LogP contribution in [0.15, 0.2) is 18.2 Å². The van der Waals surface area contributed by atoms with Crippen LogP contribution in [0.4, 0.5) is 0 Å². The lowest BCUT2D eigenvalue weighted by Crippen LogP contribution is -2.31. The van der Waals surface area contributed by atoms with E-state index in [-0.39, 0.29) is 5.78 Å². The van der Waals surface area contributed by atoms with Crippen molar-refractivity contribution in [3.8, 4) is 0 Å². The summed E-state index contributed by atoms with van der Waals surface area (Å²) >= 11 is 12.0. The summed E-state index contributed by atoms with van der Waals surface area (Å²) in [7, 11) is 0. The fourth-order valence-electron chi connectivity index (χ4n) is 2.75. The van der Waals surface area contributed by atoms with Crippen molar-refractivity contribution in [2.45, 2.75) is 38.6 Å². The highest BCUT2D eigenvalue weighted by Crippen LogP contribution is 2.27. The van der Waals surface area contributed by atoms with Crippen molar-refractivity contribution in [1.82, 2.24) is 4.90 Å². The van der Waals surface area contributed by atoms with E-state index in [1.54, 1.807) is 18.2 Å². The topological polar surface area (TPSA) is 20.3 Å². The van der Waals surface area contributed by atoms with Crippen LogP contribution in [0.1, 0.15) is 43.0 Å². The molecule has 1 heterocycles. The van der Waals surface area contributed by atoms with Gasteiger partial charge in [-0.05, 0) is 37.9 Å². The molecular formula is C15H19Cl2NO. The fraction of sp³-hybridized carbons (Fsp3) is 0.533. The van der Waals surface area contributed by atoms with Crippen LogP contribution in [0, 0.1) is 0 Å². The summed E-state index contributed by atoms with van der Waals surface area (Å²) < 4.78 is 0. The molecule has 0 aromatic heterocycles. The van der Waals surface area contributed by atoms with Gasteiger partial charge in [0.1, 0.15) is 0 Å². The molecule has 4 heteroatoms. The summed E-state index contributed by atoms with van der Waals surface area (Å²) in [5, 5.41) is 0.822. The van der Waals surface area contributed by atoms with E-state index in [0.29, 0.717) is 28.1 Å². The first-order chi connectivity index (χ1) is 9.13. The molecule has 1 atom stereocenters. The average Bonchev–Trinajstić information content (AvgIpc) is 2.86. The molecule has 0 spiro atoms. The molecule has 1 aliphatic heterocycles. The standard InChI is InChI=1S/C15H19Cl2NO/c1-2-11-5-4-9-18(11)10-8-14(19)12-6-3-7-13(16)15(12)17/h3,6-7,11H,2,4-5,8-10H2,1H3. The Hall–Kier alpha value is -0.570. The fourth-order valence-corrected chi connectivity index (χ4v) is 3.16. The number of rotatable bonds is 5. The minimum atomic E-state index is 0.0780. The van der Waals surface area contributed by atoms with Crippen molar-refractivity contribution in [3.63, 3.8) is 0 Å². The molecular weight excluding hydrogens is 281 g/mol. The maximum absolute atomic E-state index is 12.2. The molecule has 19 heavy (non-hydrogen) atoms. The Kier molecular flexibility index (Phi) is 5.26. The van der Waals surface area contributed by atoms with E-state index in [4.69, 9.17) is 23.2 Å². The predicted molar refractivity (Wildman–Crippen MR) is 80.3 cm³/mol. The number of nitrogens with zero attached hydrogens (tertiary/aromatic N) is 1. The van der Waals surface area contributed by atoms with Crippen LogP contribution in [0.2, 0.25) is 10.0 Å². The summed E-state index contributed by atoms with van der Waals surface area (Å²) in [6, 6.07) is 5.86. The molecule has 2 nitrogen and oxygen atoms in total. The SMILES string of the molecule is CCC1CCCN1CCC(=O)c1cccc(Cl)c1Cl. The van der Waals surface area contributed by atoms with Crippen molar-refractivity contribution in [2.24, 2.45) is 0 Å². The Morgan fingerprint density at radius 2 is 2.21 bits per heavy atom. The van der Waals surface area contributed by atoms with Crippen LogP contribution < -0.4 is 0 Å². The smallest absolute Gasteiger partial charge is 0.165 e. The van der Waals surface area contributed by atoms with Gasteiger partial charge in [0.15, 0.2) is 5.78 Å². The average molecular weight is 300 g/mol. The number of carbonyl (C=O) groups is 1. The highest BCUT2D eigenvalue weighted by atomic mass is 35.5. The number of benzene rings is 1. The first-order valence-electron chi connectivity index (χ1n) is 6.84. The lowest BCUT2D eigenvalue weighted by molar-refractivity contribution is 0.0961. The van der Waals surface area contributed by atoms with Crippen LogP contribution in [-0.4, -0.2) is 29.8 Å². The molecule has 1 aromatic rings. The number of carbonyl (C=O) groups excluding carboxylic acids is 1. The minimum Gasteiger partial charge on any atom is -0.300 e. The Balaban J connectivity index is 1.96. The second kappa shape index (κ2) is 6.74. The van der Waals surface area contributed by atoms with E-state index >= 15 is 0 Å². The Morgan fingerprint density at radius 1 is 1.42 bits per heavy atom. The van der Waals surface area contributed by atoms with Crippen molar-refractivity contribution in [1.29, 1.82) is 0 Å². The number of ketones is 1. The number of Topliss-reactive ketones (excluding diaryl/α,β-unsaturated/α-hetero) is 1. The Labute approximate surface area is 124 Å². The van der Waals surface area contributed by atoms with Gasteiger partial charge in [-0.15, -0.1) is 0 Å². The molecule has 0 saturated carbocycles. The highest BCUT2D eigenvalue weighted by Gasteiger charge is 2.23. The molecule has 104 valence electrons. The first kappa shape index (κ1) is 14.8. The molecule has 1 unspecified atom stereocenters. The van der Waals surface area contributed by atoms with Crippen LogP contribution in [0.5, 0.6) is 0 Å². The molecule has 0 radical (unpaired) electrons. The van der Waals surface area contributed by atoms with Gasteiger partial charge in [-0.3, -0.25) is 9.69 Å². The van der Waals surface area contributed by atoms with Crippen LogP contribution in [0.3, 0.4) is 0 Å². The largest absolute Gasteiger partial charge is 0.300 e. The molecule has 2 rings (SSSR count). The van der Waals surface area contributed by atoms with Gasteiger partial charge in [0.05, 0.1) is 10.0 Å². The number of hydrogen-bond acceptors (Lipinski definition) is 2. The van der Waals surface area contributed by atoms with Crippen LogP contribution >= 0.6 is 23.2 Å². The number of halogens is 2. The van der Waals surface area contributed by atoms with Gasteiger partial charge in [-0.1, -0.05) is 36.2 Å². The monoisotopic (exact) mass is 299 g/mol. The van der Waals surface area contributed by atoms with Crippen molar-refractivity contribution < 1.29 is 4.79 Å². The maximum Gasteiger partial charge on any atom is 0.165 e. The van der Waals surface area contributed by atoms with Gasteiger partial charge in [0.2, 0.25) is 0 Å². The van der Waals surface area contributed by atoms with Gasteiger partial charge >= 0.3 is 0 Å². The van der Waals surface area contributed by atoms with Gasteiger partial charge in [0.25, 0.3) is 0 Å². The molecule has 0 aliphatic carbocycles. The Morgan fingerprint density at radius 3 is 2.95 bits per heavy atom. The van der Waals surface area contributed by atoms with E-state index < -0.39 is 0 Å². The predicted octanol–water partition coefficient (Wildman–Crippen LogP) is 4.44. The van der Waals surface area contributed by atoms with Crippen LogP contribution in [0.25, 0.3) is 0 Å². The zero-order valence-corrected chi connectivity index (χ0v) is 12.7. The zero-order valence-electron chi connectivity index (χ0n) is 11.2. The van der Waals surface area contributed by atoms with Crippen LogP contribution in [-0.2, 0) is 0 Å². The van der Waals surface area contributed by atoms with Crippen molar-refractivity contribution in [3.05, 3.63) is 33.8 Å². The van der Waals surface area contributed by atoms with Gasteiger partial charge in [-0.2, -0.15) is 0 Å². The van der Waals surface area contributed by atoms with E-state index in [1.165, 1.54) is 12.8 Å². The van der Waals surface area contributed by atoms with Gasteiger partial charge in [-0.25, -0.2) is 0 Å². The molecule has 0 amide bonds. The van der Waals surface area contributed by atoms with E-state index in [2.05, 4.69) is 11.8 Å². The number of likely N-dealkylation sites (tertiary alicyclic amines) is 1. The third-order valence-electron chi connectivity index (χ3n) is 3.85. The molecule has 0 N–H and O–H groups in total. The number of hydrogen-bond donors (Lipinski definition) is 0. The van der Waals surface area contributed by atoms with Gasteiger partial charge in [0, 0.05) is 24.6 Å². The summed E-state index contributed by atoms with van der Waals surface area (Å²) in [4.78, 5) is 14.6. The maximum atomic E-state index is 12.2. The summed E-state index contributed by atoms with van der Waals surface area (Å²) in [6.45, 7) is 4.13. The zero-order chi connectivity index (χ0) is 13.8. The molecule has 1 fully saturated rings. The lowest BCUT2D eigenvalue weighted by atomic mass is 10.1. The summed E-state index contributed by atoms with van der Waals surface area (Å²) in [6.07, 6.45) is 4.16. The first-order valence-corrected chi connectivity index (χ1v) is 7.60. The molecule has 0 bridgehead atoms. The summed E-state index contributed by atoms with van der Waals surface area (Å²) in [5.74, 6) is 0.0780. The second-order valence-corrected chi connectivity index (χ2v) is 5.80. The normalized spacial score (nSPS) is 19.8. The lowest BCUT2D eigenvalue weighted by Gasteiger charge is -2.22. The molecule has 1 aliphatic rings. The van der Waals surface area contributed by atoms with Crippen molar-refractivity contribution >= 4 is 29.0 Å². The highest BCUT2D eigenvalue weighted by molar-refractivity contribution is 6.43. The minimum absolute atomic E-state index is 0.0780. The van der Waals surface area contributed by atoms with E-state index in [1.807, 2.05) is 0 Å². The van der Waals surface area contributed by atoms with E-state index in [0.717, 1.165) is 19.5 Å². The third-order valence-corrected chi connectivity index (χ3v) is 4.67. The Bertz CT molecular complexity index is 461. The molecule has 1 aromatic carbocycles. The quantitative estimate of drug-likeness (QED) is 0.749. The third kappa shape index (κ3) is 3.50. The second-order valence-electron chi connectivity index (χ2n) is 5.01. The molecule has 1 saturated heterocycles. The van der Waals surface area contributed by atoms with Crippen molar-refractivity contribution in [2.75, 3.05) is 13.1 Å². The van der Waals surface area contributed by atoms with E-state index in [9.17, 15) is 4.79 Å². The summed E-state index contributed by atoms with van der Waals surface area (Å²) in [5.41, 5.74) is 0.543. The van der Waals surface area contributed by atoms with Gasteiger partial charge < -0.3 is 0 Å².